The molecule has 2 fully saturated rings. The number of amides is 1. The van der Waals surface area contributed by atoms with E-state index in [1.165, 1.54) is 0 Å². The summed E-state index contributed by atoms with van der Waals surface area (Å²) in [6.07, 6.45) is -6.16. The molecule has 3 rings (SSSR count). The van der Waals surface area contributed by atoms with Gasteiger partial charge in [-0.3, -0.25) is 4.79 Å². The molecule has 15 N–H and O–H groups in total. The molecule has 37 heavy (non-hydrogen) atoms. The summed E-state index contributed by atoms with van der Waals surface area (Å²) in [7, 11) is 0. The number of rotatable bonds is 10. The molecule has 2 aliphatic heterocycles. The zero-order chi connectivity index (χ0) is 27.3. The van der Waals surface area contributed by atoms with Crippen molar-refractivity contribution < 1.29 is 44.2 Å². The highest BCUT2D eigenvalue weighted by atomic mass is 16.7. The van der Waals surface area contributed by atoms with Gasteiger partial charge in [0, 0.05) is 18.6 Å². The molecule has 0 aromatic carbocycles. The number of carbonyl (C=O) groups excluding carboxylic acids is 1. The van der Waals surface area contributed by atoms with E-state index in [-0.39, 0.29) is 39.0 Å². The first-order valence-electron chi connectivity index (χ1n) is 12.5. The van der Waals surface area contributed by atoms with Crippen LogP contribution in [0.5, 0.6) is 0 Å². The van der Waals surface area contributed by atoms with Gasteiger partial charge in [-0.15, -0.1) is 0 Å². The van der Waals surface area contributed by atoms with Crippen molar-refractivity contribution in [3.8, 4) is 0 Å². The van der Waals surface area contributed by atoms with E-state index in [1.807, 2.05) is 0 Å². The molecule has 0 bridgehead atoms. The molecule has 214 valence electrons. The minimum atomic E-state index is -1.46. The van der Waals surface area contributed by atoms with Gasteiger partial charge >= 0.3 is 0 Å². The zero-order valence-electron chi connectivity index (χ0n) is 20.6. The molecule has 1 amide bonds. The first-order chi connectivity index (χ1) is 17.6. The average molecular weight is 535 g/mol. The Morgan fingerprint density at radius 1 is 1.00 bits per heavy atom. The number of nitrogens with two attached hydrogens (primary N) is 5. The van der Waals surface area contributed by atoms with E-state index in [0.717, 1.165) is 0 Å². The van der Waals surface area contributed by atoms with Gasteiger partial charge in [-0.1, -0.05) is 12.2 Å². The highest BCUT2D eigenvalue weighted by Gasteiger charge is 2.49. The molecule has 0 spiro atoms. The standard InChI is InChI=1S/C22H42N6O9/c23-4-3-15(30)20(33)28-14-6-13(27)18(36-21-11(25)2-1-9(7-24)34-21)17(32)19(14)37-22-16(31)12(26)5-10(8-29)35-22/h1-2,9-19,21-22,29-32H,3-8,23-27H2,(H,28,33)/t9-,10-,11+,12-,13-,14+,15-,16+,17+,18+,19-,21+,22+/m0/s1. The predicted molar refractivity (Wildman–Crippen MR) is 129 cm³/mol. The maximum Gasteiger partial charge on any atom is 0.249 e. The van der Waals surface area contributed by atoms with E-state index in [1.54, 1.807) is 12.2 Å². The molecule has 0 radical (unpaired) electrons. The normalized spacial score (nSPS) is 43.4. The Balaban J connectivity index is 1.81. The van der Waals surface area contributed by atoms with Gasteiger partial charge in [0.25, 0.3) is 0 Å². The maximum absolute atomic E-state index is 12.6. The topological polar surface area (TPSA) is 277 Å². The van der Waals surface area contributed by atoms with Crippen LogP contribution < -0.4 is 34.0 Å². The lowest BCUT2D eigenvalue weighted by Gasteiger charge is -2.47. The Morgan fingerprint density at radius 2 is 1.70 bits per heavy atom. The van der Waals surface area contributed by atoms with E-state index < -0.39 is 85.4 Å². The summed E-state index contributed by atoms with van der Waals surface area (Å²) >= 11 is 0. The number of ether oxygens (including phenoxy) is 4. The molecule has 1 saturated heterocycles. The van der Waals surface area contributed by atoms with Crippen LogP contribution in [0.1, 0.15) is 19.3 Å². The molecule has 1 aliphatic carbocycles. The Hall–Kier alpha value is -1.31. The Labute approximate surface area is 215 Å². The van der Waals surface area contributed by atoms with Crippen molar-refractivity contribution >= 4 is 5.91 Å². The van der Waals surface area contributed by atoms with Crippen LogP contribution in [0.3, 0.4) is 0 Å². The van der Waals surface area contributed by atoms with Crippen LogP contribution in [0.4, 0.5) is 0 Å². The number of aliphatic hydroxyl groups is 4. The van der Waals surface area contributed by atoms with E-state index in [4.69, 9.17) is 47.6 Å². The molecule has 1 saturated carbocycles. The molecule has 3 aliphatic rings. The first kappa shape index (κ1) is 30.2. The van der Waals surface area contributed by atoms with Crippen LogP contribution in [-0.2, 0) is 23.7 Å². The van der Waals surface area contributed by atoms with Crippen molar-refractivity contribution in [2.45, 2.75) is 98.7 Å². The summed E-state index contributed by atoms with van der Waals surface area (Å²) in [5, 5.41) is 44.2. The maximum atomic E-state index is 12.6. The molecular formula is C22H42N6O9. The summed E-state index contributed by atoms with van der Waals surface area (Å²) in [4.78, 5) is 12.6. The highest BCUT2D eigenvalue weighted by molar-refractivity contribution is 5.80. The summed E-state index contributed by atoms with van der Waals surface area (Å²) < 4.78 is 23.4. The largest absolute Gasteiger partial charge is 0.394 e. The summed E-state index contributed by atoms with van der Waals surface area (Å²) in [6.45, 7) is -0.0849. The van der Waals surface area contributed by atoms with Crippen molar-refractivity contribution in [3.63, 3.8) is 0 Å². The third-order valence-corrected chi connectivity index (χ3v) is 6.86. The lowest BCUT2D eigenvalue weighted by atomic mass is 9.83. The molecular weight excluding hydrogens is 492 g/mol. The fourth-order valence-electron chi connectivity index (χ4n) is 4.72. The fourth-order valence-corrected chi connectivity index (χ4v) is 4.72. The zero-order valence-corrected chi connectivity index (χ0v) is 20.6. The molecule has 0 aromatic rings. The third kappa shape index (κ3) is 7.42. The first-order valence-corrected chi connectivity index (χ1v) is 12.5. The van der Waals surface area contributed by atoms with Crippen LogP contribution in [0.2, 0.25) is 0 Å². The number of aliphatic hydroxyl groups excluding tert-OH is 4. The van der Waals surface area contributed by atoms with Crippen LogP contribution >= 0.6 is 0 Å². The van der Waals surface area contributed by atoms with Crippen molar-refractivity contribution in [2.24, 2.45) is 28.7 Å². The fraction of sp³-hybridized carbons (Fsp3) is 0.864. The van der Waals surface area contributed by atoms with Crippen LogP contribution in [-0.4, -0.2) is 126 Å². The van der Waals surface area contributed by atoms with E-state index in [9.17, 15) is 25.2 Å². The summed E-state index contributed by atoms with van der Waals surface area (Å²) in [6, 6.07) is -3.14. The lowest BCUT2D eigenvalue weighted by Crippen LogP contribution is -2.68. The smallest absolute Gasteiger partial charge is 0.249 e. The Morgan fingerprint density at radius 3 is 2.35 bits per heavy atom. The van der Waals surface area contributed by atoms with E-state index >= 15 is 0 Å². The quantitative estimate of drug-likeness (QED) is 0.117. The van der Waals surface area contributed by atoms with Crippen molar-refractivity contribution in [3.05, 3.63) is 12.2 Å². The Bertz CT molecular complexity index is 766. The monoisotopic (exact) mass is 534 g/mol. The molecule has 2 heterocycles. The van der Waals surface area contributed by atoms with Gasteiger partial charge in [-0.05, 0) is 25.8 Å². The second-order valence-corrected chi connectivity index (χ2v) is 9.74. The second-order valence-electron chi connectivity index (χ2n) is 9.74. The number of hydrogen-bond acceptors (Lipinski definition) is 14. The summed E-state index contributed by atoms with van der Waals surface area (Å²) in [5.74, 6) is -0.730. The number of carbonyl (C=O) groups is 1. The third-order valence-electron chi connectivity index (χ3n) is 6.86. The van der Waals surface area contributed by atoms with Crippen molar-refractivity contribution in [2.75, 3.05) is 19.7 Å². The second kappa shape index (κ2) is 13.7. The van der Waals surface area contributed by atoms with Gasteiger partial charge in [0.1, 0.15) is 30.5 Å². The molecule has 15 heteroatoms. The van der Waals surface area contributed by atoms with Crippen LogP contribution in [0.25, 0.3) is 0 Å². The van der Waals surface area contributed by atoms with E-state index in [2.05, 4.69) is 5.32 Å². The van der Waals surface area contributed by atoms with Gasteiger partial charge in [0.2, 0.25) is 5.91 Å². The molecule has 13 atom stereocenters. The number of hydrogen-bond donors (Lipinski definition) is 10. The molecule has 0 aromatic heterocycles. The lowest BCUT2D eigenvalue weighted by molar-refractivity contribution is -0.297. The van der Waals surface area contributed by atoms with Gasteiger partial charge in [-0.25, -0.2) is 0 Å². The van der Waals surface area contributed by atoms with Crippen LogP contribution in [0, 0.1) is 0 Å². The van der Waals surface area contributed by atoms with E-state index in [0.29, 0.717) is 0 Å². The SMILES string of the molecule is NCC[C@H](O)C(=O)N[C@@H]1C[C@H](N)[C@@H](O[C@H]2O[C@H](CN)C=C[C@H]2N)[C@@H](O)[C@H]1O[C@H]1O[C@H](CO)C[C@H](N)[C@H]1O. The average Bonchev–Trinajstić information content (AvgIpc) is 2.87. The van der Waals surface area contributed by atoms with Gasteiger partial charge in [0.05, 0.1) is 30.9 Å². The number of nitrogens with one attached hydrogen (secondary N) is 1. The predicted octanol–water partition coefficient (Wildman–Crippen LogP) is -5.59. The van der Waals surface area contributed by atoms with Crippen LogP contribution in [0.15, 0.2) is 12.2 Å². The minimum absolute atomic E-state index is 0.0225. The van der Waals surface area contributed by atoms with Gasteiger partial charge in [-0.2, -0.15) is 0 Å². The van der Waals surface area contributed by atoms with Crippen molar-refractivity contribution in [1.29, 1.82) is 0 Å². The minimum Gasteiger partial charge on any atom is -0.394 e. The Kier molecular flexibility index (Phi) is 11.2. The van der Waals surface area contributed by atoms with Crippen molar-refractivity contribution in [1.82, 2.24) is 5.32 Å². The van der Waals surface area contributed by atoms with Gasteiger partial charge in [0.15, 0.2) is 12.6 Å². The summed E-state index contributed by atoms with van der Waals surface area (Å²) in [5.41, 5.74) is 29.5. The van der Waals surface area contributed by atoms with Gasteiger partial charge < -0.3 is 73.4 Å². The highest BCUT2D eigenvalue weighted by Crippen LogP contribution is 2.30. The molecule has 0 unspecified atom stereocenters. The molecule has 15 nitrogen and oxygen atoms in total.